The Morgan fingerprint density at radius 1 is 1.30 bits per heavy atom. The topological polar surface area (TPSA) is 27.1 Å². The van der Waals surface area contributed by atoms with Crippen LogP contribution in [0.1, 0.15) is 38.4 Å². The number of rotatable bonds is 7. The van der Waals surface area contributed by atoms with E-state index in [1.54, 1.807) is 6.07 Å². The number of halogens is 2. The van der Waals surface area contributed by atoms with Gasteiger partial charge in [-0.05, 0) is 6.42 Å². The van der Waals surface area contributed by atoms with E-state index in [-0.39, 0.29) is 5.75 Å². The molecule has 20 heavy (non-hydrogen) atoms. The van der Waals surface area contributed by atoms with Crippen LogP contribution in [-0.2, 0) is 12.4 Å². The summed E-state index contributed by atoms with van der Waals surface area (Å²) in [5.41, 5.74) is 1.52. The van der Waals surface area contributed by atoms with Crippen LogP contribution in [0, 0.1) is 5.82 Å². The molecule has 0 saturated heterocycles. The van der Waals surface area contributed by atoms with E-state index in [9.17, 15) is 4.39 Å². The molecular weight excluding hydrogens is 279 g/mol. The van der Waals surface area contributed by atoms with Gasteiger partial charge in [-0.15, -0.1) is 11.6 Å². The molecule has 0 radical (unpaired) electrons. The first-order valence-electron chi connectivity index (χ1n) is 6.99. The van der Waals surface area contributed by atoms with Gasteiger partial charge in [0.05, 0.1) is 24.0 Å². The lowest BCUT2D eigenvalue weighted by atomic mass is 10.2. The van der Waals surface area contributed by atoms with Crippen LogP contribution in [0.2, 0.25) is 0 Å². The molecule has 0 atom stereocenters. The fourth-order valence-corrected chi connectivity index (χ4v) is 2.59. The number of alkyl halides is 1. The highest BCUT2D eigenvalue weighted by Gasteiger charge is 2.13. The van der Waals surface area contributed by atoms with Gasteiger partial charge < -0.3 is 9.30 Å². The largest absolute Gasteiger partial charge is 0.494 e. The van der Waals surface area contributed by atoms with Crippen molar-refractivity contribution in [3.05, 3.63) is 23.8 Å². The number of hydrogen-bond acceptors (Lipinski definition) is 2. The Kier molecular flexibility index (Phi) is 5.24. The standard InChI is InChI=1S/C15H20ClFN2O/c1-3-4-5-6-7-19-13-9-14(20-2)11(17)8-12(13)18-15(19)10-16/h8-9H,3-7,10H2,1-2H3. The van der Waals surface area contributed by atoms with Crippen LogP contribution >= 0.6 is 11.6 Å². The predicted molar refractivity (Wildman–Crippen MR) is 79.9 cm³/mol. The van der Waals surface area contributed by atoms with Crippen molar-refractivity contribution in [1.82, 2.24) is 9.55 Å². The van der Waals surface area contributed by atoms with Gasteiger partial charge in [-0.3, -0.25) is 0 Å². The zero-order chi connectivity index (χ0) is 14.5. The molecule has 0 unspecified atom stereocenters. The van der Waals surface area contributed by atoms with Crippen LogP contribution in [0.15, 0.2) is 12.1 Å². The fourth-order valence-electron chi connectivity index (χ4n) is 2.38. The monoisotopic (exact) mass is 298 g/mol. The minimum absolute atomic E-state index is 0.244. The average Bonchev–Trinajstić information content (AvgIpc) is 2.79. The second-order valence-electron chi connectivity index (χ2n) is 4.85. The van der Waals surface area contributed by atoms with Gasteiger partial charge in [0.1, 0.15) is 5.82 Å². The van der Waals surface area contributed by atoms with Gasteiger partial charge in [0, 0.05) is 18.7 Å². The summed E-state index contributed by atoms with van der Waals surface area (Å²) >= 11 is 5.95. The van der Waals surface area contributed by atoms with Crippen LogP contribution in [0.3, 0.4) is 0 Å². The Labute approximate surface area is 123 Å². The molecule has 0 N–H and O–H groups in total. The first-order valence-corrected chi connectivity index (χ1v) is 7.53. The lowest BCUT2D eigenvalue weighted by molar-refractivity contribution is 0.387. The summed E-state index contributed by atoms with van der Waals surface area (Å²) in [6.45, 7) is 3.04. The van der Waals surface area contributed by atoms with Gasteiger partial charge in [-0.1, -0.05) is 26.2 Å². The second-order valence-corrected chi connectivity index (χ2v) is 5.12. The van der Waals surface area contributed by atoms with Crippen LogP contribution in [0.25, 0.3) is 11.0 Å². The molecule has 3 nitrogen and oxygen atoms in total. The summed E-state index contributed by atoms with van der Waals surface area (Å²) in [6, 6.07) is 3.11. The lowest BCUT2D eigenvalue weighted by Gasteiger charge is -2.08. The molecule has 0 aliphatic heterocycles. The van der Waals surface area contributed by atoms with Crippen molar-refractivity contribution in [2.24, 2.45) is 0 Å². The Morgan fingerprint density at radius 2 is 2.10 bits per heavy atom. The number of methoxy groups -OCH3 is 1. The van der Waals surface area contributed by atoms with Crippen molar-refractivity contribution in [3.63, 3.8) is 0 Å². The summed E-state index contributed by atoms with van der Waals surface area (Å²) in [7, 11) is 1.47. The number of benzene rings is 1. The third-order valence-electron chi connectivity index (χ3n) is 3.46. The number of fused-ring (bicyclic) bond motifs is 1. The average molecular weight is 299 g/mol. The van der Waals surface area contributed by atoms with Crippen LogP contribution < -0.4 is 4.74 Å². The highest BCUT2D eigenvalue weighted by molar-refractivity contribution is 6.16. The molecule has 5 heteroatoms. The maximum Gasteiger partial charge on any atom is 0.167 e. The Hall–Kier alpha value is -1.29. The molecule has 0 fully saturated rings. The number of aryl methyl sites for hydroxylation is 1. The fraction of sp³-hybridized carbons (Fsp3) is 0.533. The minimum Gasteiger partial charge on any atom is -0.494 e. The third-order valence-corrected chi connectivity index (χ3v) is 3.69. The molecule has 110 valence electrons. The normalized spacial score (nSPS) is 11.2. The molecule has 1 aromatic carbocycles. The molecule has 0 saturated carbocycles. The first kappa shape index (κ1) is 15.1. The van der Waals surface area contributed by atoms with Crippen molar-refractivity contribution in [2.45, 2.75) is 45.0 Å². The molecule has 0 spiro atoms. The number of imidazole rings is 1. The van der Waals surface area contributed by atoms with E-state index in [1.165, 1.54) is 32.4 Å². The predicted octanol–water partition coefficient (Wildman–Crippen LogP) is 4.50. The lowest BCUT2D eigenvalue weighted by Crippen LogP contribution is -2.02. The second kappa shape index (κ2) is 6.93. The SMILES string of the molecule is CCCCCCn1c(CCl)nc2cc(F)c(OC)cc21. The molecule has 2 rings (SSSR count). The molecule has 0 amide bonds. The van der Waals surface area contributed by atoms with Crippen molar-refractivity contribution >= 4 is 22.6 Å². The Balaban J connectivity index is 2.34. The van der Waals surface area contributed by atoms with E-state index in [2.05, 4.69) is 16.5 Å². The summed E-state index contributed by atoms with van der Waals surface area (Å²) in [4.78, 5) is 4.40. The van der Waals surface area contributed by atoms with E-state index < -0.39 is 5.82 Å². The third kappa shape index (κ3) is 3.06. The van der Waals surface area contributed by atoms with Gasteiger partial charge in [-0.25, -0.2) is 9.37 Å². The highest BCUT2D eigenvalue weighted by Crippen LogP contribution is 2.26. The highest BCUT2D eigenvalue weighted by atomic mass is 35.5. The minimum atomic E-state index is -0.392. The van der Waals surface area contributed by atoms with Gasteiger partial charge in [0.2, 0.25) is 0 Å². The zero-order valence-electron chi connectivity index (χ0n) is 12.0. The van der Waals surface area contributed by atoms with Crippen molar-refractivity contribution < 1.29 is 9.13 Å². The summed E-state index contributed by atoms with van der Waals surface area (Å²) < 4.78 is 20.8. The zero-order valence-corrected chi connectivity index (χ0v) is 12.7. The molecule has 2 aromatic rings. The van der Waals surface area contributed by atoms with Gasteiger partial charge in [0.15, 0.2) is 11.6 Å². The molecule has 1 aromatic heterocycles. The van der Waals surface area contributed by atoms with Gasteiger partial charge in [-0.2, -0.15) is 0 Å². The summed E-state index contributed by atoms with van der Waals surface area (Å²) in [5.74, 6) is 0.961. The molecule has 0 aliphatic rings. The van der Waals surface area contributed by atoms with Crippen molar-refractivity contribution in [2.75, 3.05) is 7.11 Å². The van der Waals surface area contributed by atoms with E-state index in [0.717, 1.165) is 24.3 Å². The van der Waals surface area contributed by atoms with Crippen molar-refractivity contribution in [3.8, 4) is 5.75 Å². The van der Waals surface area contributed by atoms with Crippen LogP contribution in [-0.4, -0.2) is 16.7 Å². The van der Waals surface area contributed by atoms with E-state index in [0.29, 0.717) is 11.4 Å². The quantitative estimate of drug-likeness (QED) is 0.556. The number of hydrogen-bond donors (Lipinski definition) is 0. The smallest absolute Gasteiger partial charge is 0.167 e. The number of unbranched alkanes of at least 4 members (excludes halogenated alkanes) is 3. The Bertz CT molecular complexity index is 583. The molecule has 1 heterocycles. The van der Waals surface area contributed by atoms with Crippen LogP contribution in [0.5, 0.6) is 5.75 Å². The molecule has 0 aliphatic carbocycles. The van der Waals surface area contributed by atoms with Crippen LogP contribution in [0.4, 0.5) is 4.39 Å². The molecular formula is C15H20ClFN2O. The Morgan fingerprint density at radius 3 is 2.75 bits per heavy atom. The summed E-state index contributed by atoms with van der Waals surface area (Å²) in [5, 5.41) is 0. The van der Waals surface area contributed by atoms with E-state index >= 15 is 0 Å². The number of aromatic nitrogens is 2. The summed E-state index contributed by atoms with van der Waals surface area (Å²) in [6.07, 6.45) is 4.67. The number of ether oxygens (including phenoxy) is 1. The van der Waals surface area contributed by atoms with Gasteiger partial charge >= 0.3 is 0 Å². The first-order chi connectivity index (χ1) is 9.71. The number of nitrogens with zero attached hydrogens (tertiary/aromatic N) is 2. The molecule has 0 bridgehead atoms. The maximum atomic E-state index is 13.7. The van der Waals surface area contributed by atoms with E-state index in [4.69, 9.17) is 16.3 Å². The van der Waals surface area contributed by atoms with Gasteiger partial charge in [0.25, 0.3) is 0 Å². The maximum absolute atomic E-state index is 13.7. The van der Waals surface area contributed by atoms with Crippen molar-refractivity contribution in [1.29, 1.82) is 0 Å². The van der Waals surface area contributed by atoms with E-state index in [1.807, 2.05) is 0 Å².